The third kappa shape index (κ3) is 1.27. The first-order valence-electron chi connectivity index (χ1n) is 3.88. The molecule has 0 N–H and O–H groups in total. The Kier molecular flexibility index (Phi) is 1.98. The molecule has 0 aromatic rings. The molecule has 0 fully saturated rings. The summed E-state index contributed by atoms with van der Waals surface area (Å²) < 4.78 is 0. The summed E-state index contributed by atoms with van der Waals surface area (Å²) in [5.74, 6) is 0.931. The van der Waals surface area contributed by atoms with Crippen LogP contribution in [-0.2, 0) is 4.79 Å². The van der Waals surface area contributed by atoms with Gasteiger partial charge in [0.25, 0.3) is 0 Å². The molecule has 62 valence electrons. The largest absolute Gasteiger partial charge is 0.296 e. The van der Waals surface area contributed by atoms with E-state index in [-0.39, 0.29) is 18.0 Å². The van der Waals surface area contributed by atoms with Crippen molar-refractivity contribution in [2.24, 2.45) is 4.99 Å². The molecule has 1 rings (SSSR count). The molecule has 1 aliphatic rings. The van der Waals surface area contributed by atoms with Crippen molar-refractivity contribution in [1.82, 2.24) is 4.90 Å². The van der Waals surface area contributed by atoms with Gasteiger partial charge in [-0.05, 0) is 20.8 Å². The third-order valence-corrected chi connectivity index (χ3v) is 2.18. The summed E-state index contributed by atoms with van der Waals surface area (Å²) in [6.07, 6.45) is 0. The first-order valence-corrected chi connectivity index (χ1v) is 3.88. The molecule has 2 atom stereocenters. The SMILES string of the molecule is CC(=O)N1C(C)=N[C@H](C)[C@@H]1C. The Morgan fingerprint density at radius 1 is 1.55 bits per heavy atom. The van der Waals surface area contributed by atoms with Crippen molar-refractivity contribution in [3.8, 4) is 0 Å². The van der Waals surface area contributed by atoms with E-state index in [0.717, 1.165) is 5.84 Å². The molecule has 0 saturated carbocycles. The Labute approximate surface area is 67.1 Å². The highest BCUT2D eigenvalue weighted by molar-refractivity contribution is 5.97. The smallest absolute Gasteiger partial charge is 0.225 e. The number of amides is 1. The van der Waals surface area contributed by atoms with Gasteiger partial charge in [0.1, 0.15) is 5.84 Å². The molecule has 0 radical (unpaired) electrons. The molecule has 1 amide bonds. The fourth-order valence-corrected chi connectivity index (χ4v) is 1.49. The Morgan fingerprint density at radius 3 is 2.27 bits per heavy atom. The molecule has 1 heterocycles. The van der Waals surface area contributed by atoms with Crippen LogP contribution in [0.4, 0.5) is 0 Å². The molecule has 11 heavy (non-hydrogen) atoms. The summed E-state index contributed by atoms with van der Waals surface area (Å²) in [5, 5.41) is 0. The molecular formula is C8H14N2O. The summed E-state index contributed by atoms with van der Waals surface area (Å²) in [6.45, 7) is 7.50. The summed E-state index contributed by atoms with van der Waals surface area (Å²) in [5.41, 5.74) is 0. The molecule has 1 aliphatic heterocycles. The van der Waals surface area contributed by atoms with Gasteiger partial charge in [0.15, 0.2) is 0 Å². The van der Waals surface area contributed by atoms with Gasteiger partial charge in [0.05, 0.1) is 12.1 Å². The Hall–Kier alpha value is -0.860. The fourth-order valence-electron chi connectivity index (χ4n) is 1.49. The van der Waals surface area contributed by atoms with E-state index in [4.69, 9.17) is 0 Å². The summed E-state index contributed by atoms with van der Waals surface area (Å²) in [4.78, 5) is 17.1. The van der Waals surface area contributed by atoms with E-state index < -0.39 is 0 Å². The Morgan fingerprint density at radius 2 is 2.09 bits per heavy atom. The van der Waals surface area contributed by atoms with Crippen LogP contribution in [0.2, 0.25) is 0 Å². The minimum absolute atomic E-state index is 0.0862. The monoisotopic (exact) mass is 154 g/mol. The average molecular weight is 154 g/mol. The summed E-state index contributed by atoms with van der Waals surface area (Å²) in [7, 11) is 0. The van der Waals surface area contributed by atoms with E-state index in [2.05, 4.69) is 4.99 Å². The van der Waals surface area contributed by atoms with Crippen molar-refractivity contribution in [2.45, 2.75) is 39.8 Å². The van der Waals surface area contributed by atoms with Crippen LogP contribution >= 0.6 is 0 Å². The number of carbonyl (C=O) groups is 1. The molecule has 0 bridgehead atoms. The lowest BCUT2D eigenvalue weighted by Crippen LogP contribution is -2.39. The van der Waals surface area contributed by atoms with Crippen molar-refractivity contribution in [3.05, 3.63) is 0 Å². The first-order chi connectivity index (χ1) is 5.04. The van der Waals surface area contributed by atoms with Crippen molar-refractivity contribution < 1.29 is 4.79 Å². The zero-order valence-corrected chi connectivity index (χ0v) is 7.46. The Balaban J connectivity index is 2.83. The van der Waals surface area contributed by atoms with E-state index in [1.165, 1.54) is 0 Å². The third-order valence-electron chi connectivity index (χ3n) is 2.18. The van der Waals surface area contributed by atoms with Crippen LogP contribution in [0.15, 0.2) is 4.99 Å². The van der Waals surface area contributed by atoms with Crippen molar-refractivity contribution >= 4 is 11.7 Å². The van der Waals surface area contributed by atoms with Gasteiger partial charge in [0, 0.05) is 6.92 Å². The van der Waals surface area contributed by atoms with Gasteiger partial charge in [-0.25, -0.2) is 0 Å². The second kappa shape index (κ2) is 2.64. The minimum Gasteiger partial charge on any atom is -0.296 e. The predicted octanol–water partition coefficient (Wildman–Crippen LogP) is 1.04. The highest BCUT2D eigenvalue weighted by Gasteiger charge is 2.29. The number of rotatable bonds is 0. The number of nitrogens with zero attached hydrogens (tertiary/aromatic N) is 2. The number of hydrogen-bond donors (Lipinski definition) is 0. The molecular weight excluding hydrogens is 140 g/mol. The van der Waals surface area contributed by atoms with Gasteiger partial charge in [0.2, 0.25) is 5.91 Å². The minimum atomic E-state index is 0.0862. The molecule has 0 unspecified atom stereocenters. The van der Waals surface area contributed by atoms with E-state index in [9.17, 15) is 4.79 Å². The Bertz CT molecular complexity index is 210. The second-order valence-electron chi connectivity index (χ2n) is 3.05. The van der Waals surface area contributed by atoms with E-state index in [1.54, 1.807) is 11.8 Å². The van der Waals surface area contributed by atoms with Crippen LogP contribution in [0.25, 0.3) is 0 Å². The van der Waals surface area contributed by atoms with Crippen LogP contribution < -0.4 is 0 Å². The van der Waals surface area contributed by atoms with Crippen molar-refractivity contribution in [2.75, 3.05) is 0 Å². The molecule has 3 heteroatoms. The maximum Gasteiger partial charge on any atom is 0.225 e. The molecule has 0 spiro atoms. The lowest BCUT2D eigenvalue weighted by molar-refractivity contribution is -0.126. The zero-order chi connectivity index (χ0) is 8.59. The molecule has 0 aromatic carbocycles. The molecule has 0 aromatic heterocycles. The van der Waals surface area contributed by atoms with Crippen LogP contribution in [0.3, 0.4) is 0 Å². The van der Waals surface area contributed by atoms with Gasteiger partial charge >= 0.3 is 0 Å². The van der Waals surface area contributed by atoms with Crippen molar-refractivity contribution in [1.29, 1.82) is 0 Å². The highest BCUT2D eigenvalue weighted by atomic mass is 16.2. The summed E-state index contributed by atoms with van der Waals surface area (Å²) in [6, 6.07) is 0.478. The normalized spacial score (nSPS) is 30.5. The maximum absolute atomic E-state index is 11.1. The number of hydrogen-bond acceptors (Lipinski definition) is 2. The highest BCUT2D eigenvalue weighted by Crippen LogP contribution is 2.16. The van der Waals surface area contributed by atoms with Gasteiger partial charge in [-0.2, -0.15) is 0 Å². The molecule has 3 nitrogen and oxygen atoms in total. The van der Waals surface area contributed by atoms with Gasteiger partial charge in [-0.3, -0.25) is 14.7 Å². The standard InChI is InChI=1S/C8H14N2O/c1-5-6(2)10(8(4)11)7(3)9-5/h5-6H,1-4H3/t5-,6+/m1/s1. The number of amidine groups is 1. The molecule has 0 aliphatic carbocycles. The predicted molar refractivity (Wildman–Crippen MR) is 44.6 cm³/mol. The quantitative estimate of drug-likeness (QED) is 0.513. The first kappa shape index (κ1) is 8.24. The van der Waals surface area contributed by atoms with Gasteiger partial charge in [-0.15, -0.1) is 0 Å². The van der Waals surface area contributed by atoms with Crippen molar-refractivity contribution in [3.63, 3.8) is 0 Å². The fraction of sp³-hybridized carbons (Fsp3) is 0.750. The number of carbonyl (C=O) groups excluding carboxylic acids is 1. The second-order valence-corrected chi connectivity index (χ2v) is 3.05. The molecule has 0 saturated heterocycles. The topological polar surface area (TPSA) is 32.7 Å². The lowest BCUT2D eigenvalue weighted by Gasteiger charge is -2.21. The van der Waals surface area contributed by atoms with Gasteiger partial charge < -0.3 is 0 Å². The lowest BCUT2D eigenvalue weighted by atomic mass is 10.2. The van der Waals surface area contributed by atoms with Crippen LogP contribution in [-0.4, -0.2) is 28.7 Å². The van der Waals surface area contributed by atoms with E-state index >= 15 is 0 Å². The van der Waals surface area contributed by atoms with Crippen LogP contribution in [0, 0.1) is 0 Å². The van der Waals surface area contributed by atoms with E-state index in [1.807, 2.05) is 20.8 Å². The van der Waals surface area contributed by atoms with Gasteiger partial charge in [-0.1, -0.05) is 0 Å². The van der Waals surface area contributed by atoms with Crippen LogP contribution in [0.1, 0.15) is 27.7 Å². The van der Waals surface area contributed by atoms with Crippen LogP contribution in [0.5, 0.6) is 0 Å². The number of aliphatic imine (C=N–C) groups is 1. The van der Waals surface area contributed by atoms with E-state index in [0.29, 0.717) is 0 Å². The maximum atomic E-state index is 11.1. The average Bonchev–Trinajstić information content (AvgIpc) is 2.07. The zero-order valence-electron chi connectivity index (χ0n) is 7.46. The summed E-state index contributed by atoms with van der Waals surface area (Å²) >= 11 is 0.